The molecule has 7 nitrogen and oxygen atoms in total. The molecule has 0 saturated carbocycles. The second-order valence-electron chi connectivity index (χ2n) is 6.68. The summed E-state index contributed by atoms with van der Waals surface area (Å²) in [6, 6.07) is 9.15. The van der Waals surface area contributed by atoms with Gasteiger partial charge in [0, 0.05) is 31.4 Å². The van der Waals surface area contributed by atoms with Crippen molar-refractivity contribution in [3.63, 3.8) is 0 Å². The van der Waals surface area contributed by atoms with Crippen LogP contribution < -0.4 is 10.9 Å². The maximum atomic E-state index is 12.6. The van der Waals surface area contributed by atoms with E-state index in [-0.39, 0.29) is 12.2 Å². The molecule has 1 amide bonds. The van der Waals surface area contributed by atoms with Crippen molar-refractivity contribution in [3.05, 3.63) is 68.2 Å². The van der Waals surface area contributed by atoms with Crippen molar-refractivity contribution in [2.45, 2.75) is 20.4 Å². The molecule has 0 saturated heterocycles. The Morgan fingerprint density at radius 1 is 1.18 bits per heavy atom. The zero-order valence-electron chi connectivity index (χ0n) is 16.1. The fraction of sp³-hybridized carbons (Fsp3) is 0.250. The van der Waals surface area contributed by atoms with Crippen LogP contribution in [0.4, 0.5) is 0 Å². The van der Waals surface area contributed by atoms with Gasteiger partial charge in [0.15, 0.2) is 11.5 Å². The largest absolute Gasteiger partial charge is 0.501 e. The molecule has 1 aromatic carbocycles. The van der Waals surface area contributed by atoms with Crippen molar-refractivity contribution < 1.29 is 9.90 Å². The predicted octanol–water partition coefficient (Wildman–Crippen LogP) is 2.69. The van der Waals surface area contributed by atoms with Gasteiger partial charge in [-0.15, -0.1) is 0 Å². The van der Waals surface area contributed by atoms with E-state index in [9.17, 15) is 14.7 Å². The van der Waals surface area contributed by atoms with E-state index >= 15 is 0 Å². The summed E-state index contributed by atoms with van der Waals surface area (Å²) in [5.41, 5.74) is 2.37. The van der Waals surface area contributed by atoms with Crippen molar-refractivity contribution in [1.29, 1.82) is 0 Å². The number of benzene rings is 1. The molecule has 0 unspecified atom stereocenters. The van der Waals surface area contributed by atoms with Crippen LogP contribution in [0, 0.1) is 13.8 Å². The van der Waals surface area contributed by atoms with E-state index < -0.39 is 17.2 Å². The van der Waals surface area contributed by atoms with Crippen molar-refractivity contribution >= 4 is 17.5 Å². The molecule has 3 aromatic rings. The Hall–Kier alpha value is -3.06. The SMILES string of the molecule is Cc1ccc(CNC(=O)c2nc(-c3ccc(C)n3C)n(C)c(=O)c2O)cc1Cl. The minimum absolute atomic E-state index is 0.188. The molecule has 0 atom stereocenters. The monoisotopic (exact) mass is 400 g/mol. The number of nitrogens with zero attached hydrogens (tertiary/aromatic N) is 3. The van der Waals surface area contributed by atoms with Gasteiger partial charge in [0.05, 0.1) is 5.69 Å². The van der Waals surface area contributed by atoms with Crippen LogP contribution in [0.25, 0.3) is 11.5 Å². The molecule has 0 bridgehead atoms. The number of aromatic nitrogens is 3. The Labute approximate surface area is 167 Å². The molecule has 146 valence electrons. The maximum absolute atomic E-state index is 12.6. The first-order valence-electron chi connectivity index (χ1n) is 8.66. The standard InChI is InChI=1S/C20H21ClN4O3/c1-11-5-7-13(9-14(11)21)10-22-19(27)16-17(26)20(28)25(4)18(23-16)15-8-6-12(2)24(15)3/h5-9,26H,10H2,1-4H3,(H,22,27). The summed E-state index contributed by atoms with van der Waals surface area (Å²) < 4.78 is 3.08. The van der Waals surface area contributed by atoms with Crippen molar-refractivity contribution in [2.24, 2.45) is 14.1 Å². The van der Waals surface area contributed by atoms with E-state index in [0.717, 1.165) is 16.8 Å². The van der Waals surface area contributed by atoms with Crippen LogP contribution in [0.5, 0.6) is 5.75 Å². The second kappa shape index (κ2) is 7.52. The normalized spacial score (nSPS) is 10.9. The summed E-state index contributed by atoms with van der Waals surface area (Å²) in [4.78, 5) is 29.3. The molecule has 0 aliphatic rings. The molecular weight excluding hydrogens is 380 g/mol. The van der Waals surface area contributed by atoms with Crippen molar-refractivity contribution in [1.82, 2.24) is 19.4 Å². The van der Waals surface area contributed by atoms with E-state index in [1.807, 2.05) is 49.7 Å². The summed E-state index contributed by atoms with van der Waals surface area (Å²) in [6.45, 7) is 4.00. The van der Waals surface area contributed by atoms with Gasteiger partial charge in [-0.2, -0.15) is 0 Å². The average Bonchev–Trinajstić information content (AvgIpc) is 2.99. The smallest absolute Gasteiger partial charge is 0.296 e. The molecule has 8 heteroatoms. The molecule has 2 N–H and O–H groups in total. The third-order valence-corrected chi connectivity index (χ3v) is 5.18. The lowest BCUT2D eigenvalue weighted by molar-refractivity contribution is 0.0942. The molecule has 28 heavy (non-hydrogen) atoms. The highest BCUT2D eigenvalue weighted by atomic mass is 35.5. The molecule has 0 aliphatic carbocycles. The fourth-order valence-electron chi connectivity index (χ4n) is 2.83. The lowest BCUT2D eigenvalue weighted by atomic mass is 10.1. The van der Waals surface area contributed by atoms with Gasteiger partial charge in [0.2, 0.25) is 5.75 Å². The molecule has 0 fully saturated rings. The summed E-state index contributed by atoms with van der Waals surface area (Å²) >= 11 is 6.10. The Kier molecular flexibility index (Phi) is 5.29. The molecule has 2 aromatic heterocycles. The van der Waals surface area contributed by atoms with Gasteiger partial charge in [-0.25, -0.2) is 4.98 Å². The number of carbonyl (C=O) groups excluding carboxylic acids is 1. The number of nitrogens with one attached hydrogen (secondary N) is 1. The van der Waals surface area contributed by atoms with Crippen LogP contribution in [0.3, 0.4) is 0 Å². The summed E-state index contributed by atoms with van der Waals surface area (Å²) in [5.74, 6) is -1.03. The van der Waals surface area contributed by atoms with Gasteiger partial charge in [-0.05, 0) is 43.2 Å². The minimum atomic E-state index is -0.688. The van der Waals surface area contributed by atoms with E-state index in [1.54, 1.807) is 6.07 Å². The number of aryl methyl sites for hydroxylation is 2. The lowest BCUT2D eigenvalue weighted by Gasteiger charge is -2.13. The average molecular weight is 401 g/mol. The quantitative estimate of drug-likeness (QED) is 0.704. The number of hydrogen-bond donors (Lipinski definition) is 2. The Morgan fingerprint density at radius 2 is 1.89 bits per heavy atom. The number of carbonyl (C=O) groups is 1. The van der Waals surface area contributed by atoms with Crippen molar-refractivity contribution in [3.8, 4) is 17.3 Å². The van der Waals surface area contributed by atoms with Crippen molar-refractivity contribution in [2.75, 3.05) is 0 Å². The second-order valence-corrected chi connectivity index (χ2v) is 7.09. The third-order valence-electron chi connectivity index (χ3n) is 4.77. The highest BCUT2D eigenvalue weighted by molar-refractivity contribution is 6.31. The van der Waals surface area contributed by atoms with Gasteiger partial charge >= 0.3 is 0 Å². The van der Waals surface area contributed by atoms with Crippen LogP contribution in [0.2, 0.25) is 5.02 Å². The molecule has 0 radical (unpaired) electrons. The third kappa shape index (κ3) is 3.53. The summed E-state index contributed by atoms with van der Waals surface area (Å²) in [6.07, 6.45) is 0. The van der Waals surface area contributed by atoms with Crippen LogP contribution in [-0.2, 0) is 20.6 Å². The number of halogens is 1. The number of amides is 1. The summed E-state index contributed by atoms with van der Waals surface area (Å²) in [5, 5.41) is 13.5. The number of rotatable bonds is 4. The van der Waals surface area contributed by atoms with E-state index in [0.29, 0.717) is 16.5 Å². The molecule has 2 heterocycles. The zero-order valence-corrected chi connectivity index (χ0v) is 16.8. The van der Waals surface area contributed by atoms with Crippen LogP contribution in [-0.4, -0.2) is 25.1 Å². The highest BCUT2D eigenvalue weighted by Gasteiger charge is 2.22. The van der Waals surface area contributed by atoms with Gasteiger partial charge in [-0.1, -0.05) is 23.7 Å². The first-order chi connectivity index (χ1) is 13.2. The van der Waals surface area contributed by atoms with Gasteiger partial charge in [0.25, 0.3) is 11.5 Å². The molecule has 0 aliphatic heterocycles. The molecule has 3 rings (SSSR count). The van der Waals surface area contributed by atoms with Gasteiger partial charge in [-0.3, -0.25) is 14.2 Å². The van der Waals surface area contributed by atoms with Gasteiger partial charge < -0.3 is 15.0 Å². The Balaban J connectivity index is 1.94. The first-order valence-corrected chi connectivity index (χ1v) is 9.04. The number of aromatic hydroxyl groups is 1. The van der Waals surface area contributed by atoms with Crippen LogP contribution in [0.15, 0.2) is 35.1 Å². The van der Waals surface area contributed by atoms with Gasteiger partial charge in [0.1, 0.15) is 0 Å². The highest BCUT2D eigenvalue weighted by Crippen LogP contribution is 2.21. The van der Waals surface area contributed by atoms with Crippen LogP contribution >= 0.6 is 11.6 Å². The lowest BCUT2D eigenvalue weighted by Crippen LogP contribution is -2.29. The zero-order chi connectivity index (χ0) is 20.6. The van der Waals surface area contributed by atoms with E-state index in [2.05, 4.69) is 10.3 Å². The molecule has 0 spiro atoms. The van der Waals surface area contributed by atoms with E-state index in [4.69, 9.17) is 11.6 Å². The van der Waals surface area contributed by atoms with E-state index in [1.165, 1.54) is 11.6 Å². The first kappa shape index (κ1) is 19.7. The maximum Gasteiger partial charge on any atom is 0.296 e. The topological polar surface area (TPSA) is 89.2 Å². The molecular formula is C20H21ClN4O3. The number of hydrogen-bond acceptors (Lipinski definition) is 4. The Morgan fingerprint density at radius 3 is 2.50 bits per heavy atom. The minimum Gasteiger partial charge on any atom is -0.501 e. The fourth-order valence-corrected chi connectivity index (χ4v) is 3.03. The summed E-state index contributed by atoms with van der Waals surface area (Å²) in [7, 11) is 3.34. The Bertz CT molecular complexity index is 1130. The van der Waals surface area contributed by atoms with Crippen LogP contribution in [0.1, 0.15) is 27.3 Å². The predicted molar refractivity (Wildman–Crippen MR) is 108 cm³/mol.